The third kappa shape index (κ3) is 3.48. The summed E-state index contributed by atoms with van der Waals surface area (Å²) in [5.74, 6) is 0.313. The maximum absolute atomic E-state index is 11.1. The number of amides is 1. The van der Waals surface area contributed by atoms with Gasteiger partial charge < -0.3 is 10.1 Å². The third-order valence-electron chi connectivity index (χ3n) is 2.68. The van der Waals surface area contributed by atoms with Crippen LogP contribution in [0.25, 0.3) is 11.1 Å². The Bertz CT molecular complexity index is 570. The summed E-state index contributed by atoms with van der Waals surface area (Å²) < 4.78 is 5.34. The SMILES string of the molecule is CNC(=O)COc1ccc(-c2ccccc2)cc1Cl. The van der Waals surface area contributed by atoms with Crippen LogP contribution in [-0.4, -0.2) is 19.6 Å². The summed E-state index contributed by atoms with van der Waals surface area (Å²) in [7, 11) is 1.56. The smallest absolute Gasteiger partial charge is 0.257 e. The lowest BCUT2D eigenvalue weighted by Crippen LogP contribution is -2.24. The lowest BCUT2D eigenvalue weighted by Gasteiger charge is -2.09. The molecule has 19 heavy (non-hydrogen) atoms. The number of hydrogen-bond donors (Lipinski definition) is 1. The number of hydrogen-bond acceptors (Lipinski definition) is 2. The molecule has 1 amide bonds. The molecule has 2 rings (SSSR count). The van der Waals surface area contributed by atoms with E-state index >= 15 is 0 Å². The van der Waals surface area contributed by atoms with Crippen molar-refractivity contribution in [3.05, 3.63) is 53.6 Å². The van der Waals surface area contributed by atoms with Crippen LogP contribution in [0.15, 0.2) is 48.5 Å². The van der Waals surface area contributed by atoms with Crippen molar-refractivity contribution < 1.29 is 9.53 Å². The second-order valence-corrected chi connectivity index (χ2v) is 4.38. The zero-order valence-corrected chi connectivity index (χ0v) is 11.3. The predicted molar refractivity (Wildman–Crippen MR) is 76.4 cm³/mol. The number of carbonyl (C=O) groups is 1. The lowest BCUT2D eigenvalue weighted by atomic mass is 10.1. The van der Waals surface area contributed by atoms with Crippen LogP contribution in [0.1, 0.15) is 0 Å². The molecule has 0 aliphatic rings. The van der Waals surface area contributed by atoms with Gasteiger partial charge >= 0.3 is 0 Å². The number of nitrogens with one attached hydrogen (secondary N) is 1. The van der Waals surface area contributed by atoms with Crippen LogP contribution in [-0.2, 0) is 4.79 Å². The first kappa shape index (κ1) is 13.4. The van der Waals surface area contributed by atoms with Crippen molar-refractivity contribution in [2.45, 2.75) is 0 Å². The Balaban J connectivity index is 2.16. The maximum Gasteiger partial charge on any atom is 0.257 e. The summed E-state index contributed by atoms with van der Waals surface area (Å²) in [6, 6.07) is 15.4. The summed E-state index contributed by atoms with van der Waals surface area (Å²) in [6.07, 6.45) is 0. The molecule has 98 valence electrons. The second kappa shape index (κ2) is 6.25. The van der Waals surface area contributed by atoms with Crippen LogP contribution in [0.5, 0.6) is 5.75 Å². The molecule has 2 aromatic carbocycles. The van der Waals surface area contributed by atoms with Crippen LogP contribution in [0.3, 0.4) is 0 Å². The Hall–Kier alpha value is -2.00. The van der Waals surface area contributed by atoms with Crippen LogP contribution in [0.4, 0.5) is 0 Å². The maximum atomic E-state index is 11.1. The first-order chi connectivity index (χ1) is 9.20. The largest absolute Gasteiger partial charge is 0.482 e. The van der Waals surface area contributed by atoms with Gasteiger partial charge in [-0.05, 0) is 23.3 Å². The van der Waals surface area contributed by atoms with Gasteiger partial charge in [0.15, 0.2) is 6.61 Å². The van der Waals surface area contributed by atoms with Crippen molar-refractivity contribution in [3.8, 4) is 16.9 Å². The monoisotopic (exact) mass is 275 g/mol. The number of ether oxygens (including phenoxy) is 1. The molecule has 0 saturated heterocycles. The second-order valence-electron chi connectivity index (χ2n) is 3.97. The number of rotatable bonds is 4. The minimum Gasteiger partial charge on any atom is -0.482 e. The van der Waals surface area contributed by atoms with Crippen molar-refractivity contribution in [3.63, 3.8) is 0 Å². The van der Waals surface area contributed by atoms with Gasteiger partial charge in [-0.3, -0.25) is 4.79 Å². The summed E-state index contributed by atoms with van der Waals surface area (Å²) in [6.45, 7) is -0.0408. The van der Waals surface area contributed by atoms with E-state index in [0.29, 0.717) is 10.8 Å². The topological polar surface area (TPSA) is 38.3 Å². The zero-order chi connectivity index (χ0) is 13.7. The molecule has 4 heteroatoms. The van der Waals surface area contributed by atoms with E-state index in [-0.39, 0.29) is 12.5 Å². The van der Waals surface area contributed by atoms with E-state index in [1.165, 1.54) is 0 Å². The molecule has 0 aliphatic heterocycles. The van der Waals surface area contributed by atoms with Crippen LogP contribution < -0.4 is 10.1 Å². The molecular formula is C15H14ClNO2. The Morgan fingerprint density at radius 2 is 1.89 bits per heavy atom. The number of carbonyl (C=O) groups excluding carboxylic acids is 1. The van der Waals surface area contributed by atoms with E-state index in [1.807, 2.05) is 42.5 Å². The van der Waals surface area contributed by atoms with E-state index < -0.39 is 0 Å². The molecule has 1 N–H and O–H groups in total. The van der Waals surface area contributed by atoms with Crippen molar-refractivity contribution in [2.75, 3.05) is 13.7 Å². The molecule has 2 aromatic rings. The molecule has 0 atom stereocenters. The third-order valence-corrected chi connectivity index (χ3v) is 2.97. The molecular weight excluding hydrogens is 262 g/mol. The fourth-order valence-corrected chi connectivity index (χ4v) is 1.88. The van der Waals surface area contributed by atoms with Crippen molar-refractivity contribution in [2.24, 2.45) is 0 Å². The molecule has 0 heterocycles. The fraction of sp³-hybridized carbons (Fsp3) is 0.133. The molecule has 3 nitrogen and oxygen atoms in total. The molecule has 0 fully saturated rings. The summed E-state index contributed by atoms with van der Waals surface area (Å²) in [4.78, 5) is 11.1. The average molecular weight is 276 g/mol. The Kier molecular flexibility index (Phi) is 4.42. The molecule has 0 aromatic heterocycles. The van der Waals surface area contributed by atoms with E-state index in [9.17, 15) is 4.79 Å². The van der Waals surface area contributed by atoms with Gasteiger partial charge in [0, 0.05) is 7.05 Å². The quantitative estimate of drug-likeness (QED) is 0.931. The van der Waals surface area contributed by atoms with Gasteiger partial charge in [0.1, 0.15) is 5.75 Å². The van der Waals surface area contributed by atoms with Crippen molar-refractivity contribution >= 4 is 17.5 Å². The Morgan fingerprint density at radius 1 is 1.16 bits per heavy atom. The summed E-state index contributed by atoms with van der Waals surface area (Å²) in [5.41, 5.74) is 2.10. The lowest BCUT2D eigenvalue weighted by molar-refractivity contribution is -0.122. The summed E-state index contributed by atoms with van der Waals surface area (Å²) >= 11 is 6.15. The Labute approximate surface area is 117 Å². The zero-order valence-electron chi connectivity index (χ0n) is 10.5. The van der Waals surface area contributed by atoms with E-state index in [4.69, 9.17) is 16.3 Å². The van der Waals surface area contributed by atoms with Gasteiger partial charge in [-0.25, -0.2) is 0 Å². The highest BCUT2D eigenvalue weighted by Crippen LogP contribution is 2.30. The average Bonchev–Trinajstić information content (AvgIpc) is 2.46. The first-order valence-electron chi connectivity index (χ1n) is 5.89. The highest BCUT2D eigenvalue weighted by atomic mass is 35.5. The highest BCUT2D eigenvalue weighted by molar-refractivity contribution is 6.32. The van der Waals surface area contributed by atoms with E-state index in [1.54, 1.807) is 13.1 Å². The number of likely N-dealkylation sites (N-methyl/N-ethyl adjacent to an activating group) is 1. The molecule has 0 aliphatic carbocycles. The van der Waals surface area contributed by atoms with Gasteiger partial charge in [0.2, 0.25) is 0 Å². The summed E-state index contributed by atoms with van der Waals surface area (Å²) in [5, 5.41) is 2.98. The number of benzene rings is 2. The molecule has 0 radical (unpaired) electrons. The molecule has 0 saturated carbocycles. The minimum atomic E-state index is -0.191. The van der Waals surface area contributed by atoms with Gasteiger partial charge in [0.05, 0.1) is 5.02 Å². The van der Waals surface area contributed by atoms with Gasteiger partial charge in [0.25, 0.3) is 5.91 Å². The van der Waals surface area contributed by atoms with Crippen LogP contribution >= 0.6 is 11.6 Å². The number of halogens is 1. The fourth-order valence-electron chi connectivity index (χ4n) is 1.64. The van der Waals surface area contributed by atoms with Gasteiger partial charge in [-0.2, -0.15) is 0 Å². The molecule has 0 unspecified atom stereocenters. The first-order valence-corrected chi connectivity index (χ1v) is 6.27. The molecule has 0 spiro atoms. The highest BCUT2D eigenvalue weighted by Gasteiger charge is 2.06. The Morgan fingerprint density at radius 3 is 2.53 bits per heavy atom. The standard InChI is InChI=1S/C15H14ClNO2/c1-17-15(18)10-19-14-8-7-12(9-13(14)16)11-5-3-2-4-6-11/h2-9H,10H2,1H3,(H,17,18). The van der Waals surface area contributed by atoms with E-state index in [0.717, 1.165) is 11.1 Å². The van der Waals surface area contributed by atoms with Crippen molar-refractivity contribution in [1.82, 2.24) is 5.32 Å². The minimum absolute atomic E-state index is 0.0408. The van der Waals surface area contributed by atoms with Gasteiger partial charge in [-0.1, -0.05) is 48.0 Å². The van der Waals surface area contributed by atoms with Crippen LogP contribution in [0.2, 0.25) is 5.02 Å². The van der Waals surface area contributed by atoms with Crippen LogP contribution in [0, 0.1) is 0 Å². The molecule has 0 bridgehead atoms. The normalized spacial score (nSPS) is 10.0. The van der Waals surface area contributed by atoms with Gasteiger partial charge in [-0.15, -0.1) is 0 Å². The van der Waals surface area contributed by atoms with Crippen molar-refractivity contribution in [1.29, 1.82) is 0 Å². The predicted octanol–water partition coefficient (Wildman–Crippen LogP) is 3.13. The van der Waals surface area contributed by atoms with E-state index in [2.05, 4.69) is 5.32 Å².